The summed E-state index contributed by atoms with van der Waals surface area (Å²) in [5.41, 5.74) is 2.16. The van der Waals surface area contributed by atoms with Gasteiger partial charge in [0.2, 0.25) is 0 Å². The topological polar surface area (TPSA) is 58.3 Å². The highest BCUT2D eigenvalue weighted by Gasteiger charge is 2.11. The van der Waals surface area contributed by atoms with Gasteiger partial charge in [-0.3, -0.25) is 4.68 Å². The molecule has 0 bridgehead atoms. The lowest BCUT2D eigenvalue weighted by molar-refractivity contribution is 0.147. The maximum Gasteiger partial charge on any atom is 0.0624 e. The Balaban J connectivity index is 2.60. The van der Waals surface area contributed by atoms with Crippen LogP contribution >= 0.6 is 0 Å². The van der Waals surface area contributed by atoms with Crippen LogP contribution in [0.5, 0.6) is 0 Å². The highest BCUT2D eigenvalue weighted by Crippen LogP contribution is 2.10. The summed E-state index contributed by atoms with van der Waals surface area (Å²) in [6.45, 7) is 5.11. The van der Waals surface area contributed by atoms with Crippen LogP contribution < -0.4 is 0 Å². The Kier molecular flexibility index (Phi) is 5.49. The second kappa shape index (κ2) is 6.66. The van der Waals surface area contributed by atoms with Crippen LogP contribution in [0.25, 0.3) is 0 Å². The summed E-state index contributed by atoms with van der Waals surface area (Å²) in [5, 5.41) is 22.9. The van der Waals surface area contributed by atoms with E-state index in [2.05, 4.69) is 25.0 Å². The number of hydrogen-bond donors (Lipinski definition) is 2. The number of nitrogens with zero attached hydrogens (tertiary/aromatic N) is 2. The predicted octanol–water partition coefficient (Wildman–Crippen LogP) is 1.14. The number of aromatic nitrogens is 2. The summed E-state index contributed by atoms with van der Waals surface area (Å²) in [6.07, 6.45) is 2.47. The van der Waals surface area contributed by atoms with Crippen LogP contribution in [0, 0.1) is 0 Å². The maximum atomic E-state index is 9.78. The molecular formula is C12H22N2O2. The molecule has 0 fully saturated rings. The quantitative estimate of drug-likeness (QED) is 0.733. The molecule has 0 aliphatic heterocycles. The van der Waals surface area contributed by atoms with Crippen LogP contribution in [0.1, 0.15) is 38.1 Å². The van der Waals surface area contributed by atoms with Crippen LogP contribution in [-0.2, 0) is 19.4 Å². The molecule has 0 aliphatic carbocycles. The number of hydrogen-bond acceptors (Lipinski definition) is 3. The van der Waals surface area contributed by atoms with Crippen molar-refractivity contribution < 1.29 is 10.2 Å². The standard InChI is InChI=1S/C12H22N2O2/c1-3-10-8-11(14(4-2)13-10)9-12(16)6-5-7-15/h8,12,15-16H,3-7,9H2,1-2H3. The van der Waals surface area contributed by atoms with Gasteiger partial charge in [-0.05, 0) is 32.3 Å². The molecule has 0 aromatic carbocycles. The van der Waals surface area contributed by atoms with Crippen molar-refractivity contribution in [2.45, 2.75) is 52.2 Å². The molecule has 0 saturated heterocycles. The third kappa shape index (κ3) is 3.61. The average molecular weight is 226 g/mol. The number of aliphatic hydroxyl groups excluding tert-OH is 2. The Morgan fingerprint density at radius 2 is 2.19 bits per heavy atom. The first kappa shape index (κ1) is 13.2. The van der Waals surface area contributed by atoms with Crippen molar-refractivity contribution in [3.8, 4) is 0 Å². The molecule has 1 atom stereocenters. The van der Waals surface area contributed by atoms with Gasteiger partial charge in [0.25, 0.3) is 0 Å². The van der Waals surface area contributed by atoms with E-state index in [1.165, 1.54) is 0 Å². The van der Waals surface area contributed by atoms with Gasteiger partial charge < -0.3 is 10.2 Å². The molecule has 92 valence electrons. The van der Waals surface area contributed by atoms with Crippen molar-refractivity contribution in [2.24, 2.45) is 0 Å². The Hall–Kier alpha value is -0.870. The molecule has 1 aromatic rings. The van der Waals surface area contributed by atoms with E-state index >= 15 is 0 Å². The summed E-state index contributed by atoms with van der Waals surface area (Å²) >= 11 is 0. The monoisotopic (exact) mass is 226 g/mol. The molecule has 16 heavy (non-hydrogen) atoms. The van der Waals surface area contributed by atoms with E-state index in [1.807, 2.05) is 4.68 Å². The molecule has 0 radical (unpaired) electrons. The number of rotatable bonds is 7. The molecule has 2 N–H and O–H groups in total. The van der Waals surface area contributed by atoms with E-state index in [9.17, 15) is 5.11 Å². The fourth-order valence-electron chi connectivity index (χ4n) is 1.80. The van der Waals surface area contributed by atoms with Gasteiger partial charge in [-0.2, -0.15) is 5.10 Å². The number of aliphatic hydroxyl groups is 2. The van der Waals surface area contributed by atoms with Crippen molar-refractivity contribution in [3.05, 3.63) is 17.5 Å². The van der Waals surface area contributed by atoms with Crippen LogP contribution in [0.3, 0.4) is 0 Å². The van der Waals surface area contributed by atoms with Crippen molar-refractivity contribution in [2.75, 3.05) is 6.61 Å². The molecule has 4 heteroatoms. The molecule has 1 aromatic heterocycles. The lowest BCUT2D eigenvalue weighted by Crippen LogP contribution is -2.14. The zero-order valence-electron chi connectivity index (χ0n) is 10.2. The van der Waals surface area contributed by atoms with E-state index < -0.39 is 0 Å². The summed E-state index contributed by atoms with van der Waals surface area (Å²) in [5.74, 6) is 0. The zero-order valence-corrected chi connectivity index (χ0v) is 10.2. The molecule has 0 aliphatic rings. The van der Waals surface area contributed by atoms with Crippen molar-refractivity contribution >= 4 is 0 Å². The van der Waals surface area contributed by atoms with Gasteiger partial charge in [0.05, 0.1) is 11.8 Å². The lowest BCUT2D eigenvalue weighted by atomic mass is 10.1. The third-order valence-corrected chi connectivity index (χ3v) is 2.72. The van der Waals surface area contributed by atoms with Crippen LogP contribution in [-0.4, -0.2) is 32.7 Å². The van der Waals surface area contributed by atoms with Gasteiger partial charge >= 0.3 is 0 Å². The van der Waals surface area contributed by atoms with E-state index in [-0.39, 0.29) is 12.7 Å². The van der Waals surface area contributed by atoms with Crippen molar-refractivity contribution in [3.63, 3.8) is 0 Å². The van der Waals surface area contributed by atoms with Gasteiger partial charge in [-0.1, -0.05) is 6.92 Å². The second-order valence-electron chi connectivity index (χ2n) is 4.02. The SMILES string of the molecule is CCc1cc(CC(O)CCCO)n(CC)n1. The average Bonchev–Trinajstić information content (AvgIpc) is 2.68. The summed E-state index contributed by atoms with van der Waals surface area (Å²) < 4.78 is 1.95. The van der Waals surface area contributed by atoms with Gasteiger partial charge in [0, 0.05) is 25.3 Å². The van der Waals surface area contributed by atoms with Crippen molar-refractivity contribution in [1.82, 2.24) is 9.78 Å². The lowest BCUT2D eigenvalue weighted by Gasteiger charge is -2.10. The molecule has 0 spiro atoms. The summed E-state index contributed by atoms with van der Waals surface area (Å²) in [4.78, 5) is 0. The Labute approximate surface area is 96.9 Å². The Bertz CT molecular complexity index is 310. The van der Waals surface area contributed by atoms with Crippen LogP contribution in [0.2, 0.25) is 0 Å². The molecule has 1 unspecified atom stereocenters. The smallest absolute Gasteiger partial charge is 0.0624 e. The molecule has 1 rings (SSSR count). The predicted molar refractivity (Wildman–Crippen MR) is 63.3 cm³/mol. The first-order chi connectivity index (χ1) is 7.71. The molecular weight excluding hydrogens is 204 g/mol. The number of aryl methyl sites for hydroxylation is 2. The van der Waals surface area contributed by atoms with Gasteiger partial charge in [0.15, 0.2) is 0 Å². The van der Waals surface area contributed by atoms with Gasteiger partial charge in [-0.25, -0.2) is 0 Å². The normalized spacial score (nSPS) is 13.0. The minimum atomic E-state index is -0.376. The molecule has 0 saturated carbocycles. The maximum absolute atomic E-state index is 9.78. The highest BCUT2D eigenvalue weighted by molar-refractivity contribution is 5.11. The molecule has 1 heterocycles. The van der Waals surface area contributed by atoms with Crippen molar-refractivity contribution in [1.29, 1.82) is 0 Å². The second-order valence-corrected chi connectivity index (χ2v) is 4.02. The zero-order chi connectivity index (χ0) is 12.0. The molecule has 0 amide bonds. The van der Waals surface area contributed by atoms with Gasteiger partial charge in [-0.15, -0.1) is 0 Å². The highest BCUT2D eigenvalue weighted by atomic mass is 16.3. The molecule has 4 nitrogen and oxygen atoms in total. The fourth-order valence-corrected chi connectivity index (χ4v) is 1.80. The minimum Gasteiger partial charge on any atom is -0.396 e. The Morgan fingerprint density at radius 1 is 1.44 bits per heavy atom. The summed E-state index contributed by atoms with van der Waals surface area (Å²) in [7, 11) is 0. The third-order valence-electron chi connectivity index (χ3n) is 2.72. The summed E-state index contributed by atoms with van der Waals surface area (Å²) in [6, 6.07) is 2.06. The largest absolute Gasteiger partial charge is 0.396 e. The van der Waals surface area contributed by atoms with E-state index in [4.69, 9.17) is 5.11 Å². The fraction of sp³-hybridized carbons (Fsp3) is 0.750. The first-order valence-corrected chi connectivity index (χ1v) is 6.05. The van der Waals surface area contributed by atoms with Crippen LogP contribution in [0.15, 0.2) is 6.07 Å². The van der Waals surface area contributed by atoms with E-state index in [0.717, 1.165) is 24.4 Å². The van der Waals surface area contributed by atoms with E-state index in [1.54, 1.807) is 0 Å². The minimum absolute atomic E-state index is 0.143. The first-order valence-electron chi connectivity index (χ1n) is 6.05. The van der Waals surface area contributed by atoms with E-state index in [0.29, 0.717) is 19.3 Å². The Morgan fingerprint density at radius 3 is 2.75 bits per heavy atom. The van der Waals surface area contributed by atoms with Crippen LogP contribution in [0.4, 0.5) is 0 Å². The van der Waals surface area contributed by atoms with Gasteiger partial charge in [0.1, 0.15) is 0 Å².